The smallest absolute Gasteiger partial charge is 0.384 e. The minimum Gasteiger partial charge on any atom is -0.459 e. The van der Waals surface area contributed by atoms with Crippen molar-refractivity contribution in [1.29, 1.82) is 0 Å². The van der Waals surface area contributed by atoms with Crippen molar-refractivity contribution in [3.05, 3.63) is 30.1 Å². The first-order chi connectivity index (χ1) is 7.63. The monoisotopic (exact) mass is 221 g/mol. The zero-order valence-corrected chi connectivity index (χ0v) is 9.16. The molecule has 0 spiro atoms. The maximum absolute atomic E-state index is 12.9. The van der Waals surface area contributed by atoms with Crippen molar-refractivity contribution in [3.8, 4) is 11.8 Å². The molecule has 16 heavy (non-hydrogen) atoms. The molecule has 0 aromatic heterocycles. The molecule has 0 bridgehead atoms. The summed E-state index contributed by atoms with van der Waals surface area (Å²) < 4.78 is 17.3. The van der Waals surface area contributed by atoms with E-state index in [1.54, 1.807) is 24.1 Å². The van der Waals surface area contributed by atoms with Crippen molar-refractivity contribution in [2.75, 3.05) is 25.6 Å². The maximum Gasteiger partial charge on any atom is 0.384 e. The second-order valence-corrected chi connectivity index (χ2v) is 3.13. The standard InChI is InChI=1S/C12H12FNO2/c1-14(8-4-7-12(15)16-2)11-6-3-5-10(13)9-11/h3,5-6,9H,8H2,1-2H3. The average Bonchev–Trinajstić information content (AvgIpc) is 2.28. The van der Waals surface area contributed by atoms with Gasteiger partial charge in [-0.2, -0.15) is 0 Å². The van der Waals surface area contributed by atoms with Gasteiger partial charge in [-0.05, 0) is 18.2 Å². The Morgan fingerprint density at radius 2 is 2.31 bits per heavy atom. The number of carbonyl (C=O) groups excluding carboxylic acids is 1. The molecule has 84 valence electrons. The molecular formula is C12H12FNO2. The van der Waals surface area contributed by atoms with E-state index in [2.05, 4.69) is 16.6 Å². The van der Waals surface area contributed by atoms with Gasteiger partial charge in [-0.1, -0.05) is 12.0 Å². The molecule has 1 aromatic carbocycles. The Kier molecular flexibility index (Phi) is 4.34. The van der Waals surface area contributed by atoms with E-state index in [-0.39, 0.29) is 5.82 Å². The number of hydrogen-bond acceptors (Lipinski definition) is 3. The van der Waals surface area contributed by atoms with Crippen LogP contribution in [0.4, 0.5) is 10.1 Å². The second-order valence-electron chi connectivity index (χ2n) is 3.13. The molecule has 0 unspecified atom stereocenters. The van der Waals surface area contributed by atoms with Gasteiger partial charge < -0.3 is 9.64 Å². The number of methoxy groups -OCH3 is 1. The van der Waals surface area contributed by atoms with Gasteiger partial charge in [0.1, 0.15) is 5.82 Å². The zero-order valence-electron chi connectivity index (χ0n) is 9.16. The van der Waals surface area contributed by atoms with E-state index in [0.717, 1.165) is 0 Å². The molecular weight excluding hydrogens is 209 g/mol. The third-order valence-corrected chi connectivity index (χ3v) is 1.94. The first-order valence-electron chi connectivity index (χ1n) is 4.67. The van der Waals surface area contributed by atoms with Gasteiger partial charge in [0.05, 0.1) is 13.7 Å². The fraction of sp³-hybridized carbons (Fsp3) is 0.250. The van der Waals surface area contributed by atoms with Gasteiger partial charge >= 0.3 is 5.97 Å². The SMILES string of the molecule is COC(=O)C#CCN(C)c1cccc(F)c1. The molecule has 3 nitrogen and oxygen atoms in total. The molecule has 0 aliphatic heterocycles. The highest BCUT2D eigenvalue weighted by atomic mass is 19.1. The van der Waals surface area contributed by atoms with Crippen LogP contribution in [0.1, 0.15) is 0 Å². The van der Waals surface area contributed by atoms with Crippen LogP contribution in [0.2, 0.25) is 0 Å². The van der Waals surface area contributed by atoms with E-state index in [9.17, 15) is 9.18 Å². The van der Waals surface area contributed by atoms with Crippen molar-refractivity contribution in [1.82, 2.24) is 0 Å². The third kappa shape index (κ3) is 3.62. The van der Waals surface area contributed by atoms with E-state index in [1.807, 2.05) is 0 Å². The summed E-state index contributed by atoms with van der Waals surface area (Å²) in [5, 5.41) is 0. The van der Waals surface area contributed by atoms with Crippen molar-refractivity contribution < 1.29 is 13.9 Å². The summed E-state index contributed by atoms with van der Waals surface area (Å²) in [7, 11) is 3.04. The molecule has 0 amide bonds. The molecule has 0 atom stereocenters. The molecule has 0 aliphatic carbocycles. The largest absolute Gasteiger partial charge is 0.459 e. The highest BCUT2D eigenvalue weighted by Crippen LogP contribution is 2.12. The lowest BCUT2D eigenvalue weighted by Crippen LogP contribution is -2.17. The third-order valence-electron chi connectivity index (χ3n) is 1.94. The summed E-state index contributed by atoms with van der Waals surface area (Å²) in [6, 6.07) is 6.16. The van der Waals surface area contributed by atoms with Crippen LogP contribution < -0.4 is 4.90 Å². The van der Waals surface area contributed by atoms with Crippen molar-refractivity contribution in [2.24, 2.45) is 0 Å². The molecule has 1 rings (SSSR count). The Morgan fingerprint density at radius 3 is 2.94 bits per heavy atom. The van der Waals surface area contributed by atoms with Crippen LogP contribution in [0.3, 0.4) is 0 Å². The highest BCUT2D eigenvalue weighted by molar-refractivity contribution is 5.88. The lowest BCUT2D eigenvalue weighted by molar-refractivity contribution is -0.133. The highest BCUT2D eigenvalue weighted by Gasteiger charge is 1.99. The second kappa shape index (κ2) is 5.76. The average molecular weight is 221 g/mol. The van der Waals surface area contributed by atoms with Crippen molar-refractivity contribution in [3.63, 3.8) is 0 Å². The summed E-state index contributed by atoms with van der Waals surface area (Å²) in [5.74, 6) is 4.06. The molecule has 0 radical (unpaired) electrons. The van der Waals surface area contributed by atoms with Crippen LogP contribution in [0.25, 0.3) is 0 Å². The first-order valence-corrected chi connectivity index (χ1v) is 4.67. The Labute approximate surface area is 93.8 Å². The van der Waals surface area contributed by atoms with E-state index in [4.69, 9.17) is 0 Å². The Bertz CT molecular complexity index is 434. The number of nitrogens with zero attached hydrogens (tertiary/aromatic N) is 1. The topological polar surface area (TPSA) is 29.5 Å². The normalized spacial score (nSPS) is 8.94. The van der Waals surface area contributed by atoms with Gasteiger partial charge in [0.15, 0.2) is 0 Å². The van der Waals surface area contributed by atoms with Crippen LogP contribution in [0.5, 0.6) is 0 Å². The lowest BCUT2D eigenvalue weighted by atomic mass is 10.3. The van der Waals surface area contributed by atoms with Gasteiger partial charge in [0.25, 0.3) is 0 Å². The van der Waals surface area contributed by atoms with Crippen LogP contribution in [-0.4, -0.2) is 26.7 Å². The number of anilines is 1. The van der Waals surface area contributed by atoms with Gasteiger partial charge in [0, 0.05) is 18.7 Å². The molecule has 0 N–H and O–H groups in total. The van der Waals surface area contributed by atoms with Gasteiger partial charge in [-0.3, -0.25) is 0 Å². The van der Waals surface area contributed by atoms with Crippen LogP contribution in [0, 0.1) is 17.7 Å². The Balaban J connectivity index is 2.61. The van der Waals surface area contributed by atoms with E-state index in [0.29, 0.717) is 12.2 Å². The summed E-state index contributed by atoms with van der Waals surface area (Å²) in [6.07, 6.45) is 0. The first kappa shape index (κ1) is 12.1. The Morgan fingerprint density at radius 1 is 1.56 bits per heavy atom. The zero-order chi connectivity index (χ0) is 12.0. The molecule has 0 saturated carbocycles. The predicted octanol–water partition coefficient (Wildman–Crippen LogP) is 1.44. The van der Waals surface area contributed by atoms with Crippen LogP contribution in [-0.2, 0) is 9.53 Å². The van der Waals surface area contributed by atoms with Gasteiger partial charge in [-0.25, -0.2) is 9.18 Å². The number of halogens is 1. The molecule has 0 aliphatic rings. The van der Waals surface area contributed by atoms with E-state index < -0.39 is 5.97 Å². The molecule has 0 heterocycles. The number of carbonyl (C=O) groups is 1. The van der Waals surface area contributed by atoms with Gasteiger partial charge in [0.2, 0.25) is 0 Å². The number of esters is 1. The minimum atomic E-state index is -0.576. The van der Waals surface area contributed by atoms with Crippen LogP contribution in [0.15, 0.2) is 24.3 Å². The summed E-state index contributed by atoms with van der Waals surface area (Å²) in [4.78, 5) is 12.4. The number of rotatable bonds is 2. The molecule has 4 heteroatoms. The van der Waals surface area contributed by atoms with E-state index >= 15 is 0 Å². The lowest BCUT2D eigenvalue weighted by Gasteiger charge is -2.15. The van der Waals surface area contributed by atoms with Crippen LogP contribution >= 0.6 is 0 Å². The fourth-order valence-electron chi connectivity index (χ4n) is 1.09. The molecule has 0 saturated heterocycles. The minimum absolute atomic E-state index is 0.301. The number of ether oxygens (including phenoxy) is 1. The summed E-state index contributed by atoms with van der Waals surface area (Å²) in [5.41, 5.74) is 0.708. The Hall–Kier alpha value is -2.02. The predicted molar refractivity (Wildman–Crippen MR) is 59.5 cm³/mol. The van der Waals surface area contributed by atoms with E-state index in [1.165, 1.54) is 19.2 Å². The quantitative estimate of drug-likeness (QED) is 0.430. The summed E-state index contributed by atoms with van der Waals surface area (Å²) in [6.45, 7) is 0.332. The van der Waals surface area contributed by atoms with Crippen molar-refractivity contribution >= 4 is 11.7 Å². The molecule has 0 fully saturated rings. The van der Waals surface area contributed by atoms with Gasteiger partial charge in [-0.15, -0.1) is 0 Å². The maximum atomic E-state index is 12.9. The molecule has 1 aromatic rings. The number of benzene rings is 1. The summed E-state index contributed by atoms with van der Waals surface area (Å²) >= 11 is 0. The fourth-order valence-corrected chi connectivity index (χ4v) is 1.09. The number of hydrogen-bond donors (Lipinski definition) is 0. The van der Waals surface area contributed by atoms with Crippen molar-refractivity contribution in [2.45, 2.75) is 0 Å².